The lowest BCUT2D eigenvalue weighted by Gasteiger charge is -2.39. The van der Waals surface area contributed by atoms with Crippen LogP contribution < -0.4 is 5.56 Å². The van der Waals surface area contributed by atoms with Gasteiger partial charge in [-0.05, 0) is 45.4 Å². The zero-order chi connectivity index (χ0) is 18.9. The van der Waals surface area contributed by atoms with Gasteiger partial charge in [-0.3, -0.25) is 9.36 Å². The lowest BCUT2D eigenvalue weighted by molar-refractivity contribution is -0.00265. The third-order valence-electron chi connectivity index (χ3n) is 4.25. The Balaban J connectivity index is 1.64. The molecule has 1 aliphatic rings. The molecule has 0 saturated carbocycles. The van der Waals surface area contributed by atoms with Gasteiger partial charge >= 0.3 is 6.09 Å². The molecule has 0 unspecified atom stereocenters. The number of aromatic nitrogens is 3. The van der Waals surface area contributed by atoms with Crippen molar-refractivity contribution in [3.05, 3.63) is 28.7 Å². The van der Waals surface area contributed by atoms with Crippen LogP contribution in [-0.4, -0.2) is 50.5 Å². The molecular weight excluding hydrogens is 352 g/mol. The Morgan fingerprint density at radius 2 is 2.08 bits per heavy atom. The van der Waals surface area contributed by atoms with Gasteiger partial charge in [0.1, 0.15) is 11.2 Å². The summed E-state index contributed by atoms with van der Waals surface area (Å²) in [5.74, 6) is 0.367. The fourth-order valence-electron chi connectivity index (χ4n) is 2.91. The van der Waals surface area contributed by atoms with E-state index >= 15 is 0 Å². The van der Waals surface area contributed by atoms with Gasteiger partial charge in [-0.1, -0.05) is 11.8 Å². The largest absolute Gasteiger partial charge is 0.444 e. The number of aryl methyl sites for hydroxylation is 1. The van der Waals surface area contributed by atoms with Crippen molar-refractivity contribution in [2.24, 2.45) is 5.92 Å². The van der Waals surface area contributed by atoms with Crippen LogP contribution in [0.2, 0.25) is 0 Å². The molecule has 2 aromatic rings. The first-order chi connectivity index (χ1) is 12.3. The summed E-state index contributed by atoms with van der Waals surface area (Å²) in [5.41, 5.74) is 0.124. The van der Waals surface area contributed by atoms with Gasteiger partial charge in [0.2, 0.25) is 0 Å². The third-order valence-corrected chi connectivity index (χ3v) is 4.82. The molecule has 1 amide bonds. The second kappa shape index (κ2) is 7.26. The van der Waals surface area contributed by atoms with Crippen LogP contribution in [0.4, 0.5) is 4.79 Å². The number of fused-ring (bicyclic) bond motifs is 1. The molecule has 3 rings (SSSR count). The van der Waals surface area contributed by atoms with Gasteiger partial charge in [-0.15, -0.1) is 0 Å². The number of thioether (sulfide) groups is 1. The maximum absolute atomic E-state index is 12.3. The van der Waals surface area contributed by atoms with Crippen LogP contribution in [0.25, 0.3) is 11.0 Å². The number of rotatable bonds is 4. The minimum atomic E-state index is -0.479. The average Bonchev–Trinajstić information content (AvgIpc) is 2.52. The molecule has 7 nitrogen and oxygen atoms in total. The summed E-state index contributed by atoms with van der Waals surface area (Å²) < 4.78 is 7.07. The van der Waals surface area contributed by atoms with E-state index in [1.54, 1.807) is 27.8 Å². The fourth-order valence-corrected chi connectivity index (χ4v) is 3.25. The lowest BCUT2D eigenvalue weighted by atomic mass is 9.97. The van der Waals surface area contributed by atoms with Crippen molar-refractivity contribution in [1.82, 2.24) is 19.4 Å². The van der Waals surface area contributed by atoms with Crippen LogP contribution in [0.15, 0.2) is 28.3 Å². The quantitative estimate of drug-likeness (QED) is 0.603. The van der Waals surface area contributed by atoms with E-state index in [-0.39, 0.29) is 11.7 Å². The lowest BCUT2D eigenvalue weighted by Crippen LogP contribution is -2.51. The van der Waals surface area contributed by atoms with Crippen molar-refractivity contribution in [1.29, 1.82) is 0 Å². The molecule has 0 radical (unpaired) electrons. The van der Waals surface area contributed by atoms with Gasteiger partial charge < -0.3 is 9.64 Å². The molecule has 0 atom stereocenters. The summed E-state index contributed by atoms with van der Waals surface area (Å²) in [6.07, 6.45) is 4.20. The highest BCUT2D eigenvalue weighted by Gasteiger charge is 2.33. The van der Waals surface area contributed by atoms with Gasteiger partial charge in [0, 0.05) is 37.3 Å². The molecule has 3 heterocycles. The number of carbonyl (C=O) groups is 1. The first-order valence-electron chi connectivity index (χ1n) is 8.65. The zero-order valence-corrected chi connectivity index (χ0v) is 16.4. The van der Waals surface area contributed by atoms with Gasteiger partial charge in [0.25, 0.3) is 5.56 Å². The number of carbonyl (C=O) groups excluding carboxylic acids is 1. The van der Waals surface area contributed by atoms with Crippen molar-refractivity contribution in [2.75, 3.05) is 19.3 Å². The van der Waals surface area contributed by atoms with E-state index in [0.29, 0.717) is 36.4 Å². The molecule has 0 aromatic carbocycles. The second-order valence-corrected chi connectivity index (χ2v) is 8.27. The zero-order valence-electron chi connectivity index (χ0n) is 15.6. The molecule has 0 bridgehead atoms. The van der Waals surface area contributed by atoms with Crippen LogP contribution in [0, 0.1) is 5.92 Å². The van der Waals surface area contributed by atoms with Gasteiger partial charge in [0.05, 0.1) is 0 Å². The van der Waals surface area contributed by atoms with E-state index in [1.807, 2.05) is 27.0 Å². The molecule has 26 heavy (non-hydrogen) atoms. The number of likely N-dealkylation sites (tertiary alicyclic amines) is 1. The normalized spacial score (nSPS) is 15.2. The molecule has 140 valence electrons. The van der Waals surface area contributed by atoms with Crippen molar-refractivity contribution in [2.45, 2.75) is 44.5 Å². The Morgan fingerprint density at radius 3 is 2.73 bits per heavy atom. The van der Waals surface area contributed by atoms with E-state index in [0.717, 1.165) is 11.8 Å². The summed E-state index contributed by atoms with van der Waals surface area (Å²) >= 11 is 1.45. The Labute approximate surface area is 156 Å². The first-order valence-corrected chi connectivity index (χ1v) is 9.88. The number of amides is 1. The topological polar surface area (TPSA) is 77.3 Å². The SMILES string of the molecule is CSc1ncc2ccc(=O)n(CCC3CN(C(=O)OC(C)(C)C)C3)c2n1. The second-order valence-electron chi connectivity index (χ2n) is 7.50. The molecule has 1 fully saturated rings. The average molecular weight is 376 g/mol. The molecule has 8 heteroatoms. The summed E-state index contributed by atoms with van der Waals surface area (Å²) in [6.45, 7) is 7.49. The minimum absolute atomic E-state index is 0.0634. The number of nitrogens with zero attached hydrogens (tertiary/aromatic N) is 4. The Morgan fingerprint density at radius 1 is 1.35 bits per heavy atom. The van der Waals surface area contributed by atoms with Crippen molar-refractivity contribution in [3.63, 3.8) is 0 Å². The van der Waals surface area contributed by atoms with Crippen LogP contribution in [-0.2, 0) is 11.3 Å². The molecule has 0 N–H and O–H groups in total. The van der Waals surface area contributed by atoms with Crippen molar-refractivity contribution in [3.8, 4) is 0 Å². The fraction of sp³-hybridized carbons (Fsp3) is 0.556. The van der Waals surface area contributed by atoms with E-state index < -0.39 is 5.60 Å². The highest BCUT2D eigenvalue weighted by molar-refractivity contribution is 7.98. The molecular formula is C18H24N4O3S. The van der Waals surface area contributed by atoms with Gasteiger partial charge in [-0.2, -0.15) is 0 Å². The number of hydrogen-bond acceptors (Lipinski definition) is 6. The smallest absolute Gasteiger partial charge is 0.410 e. The first kappa shape index (κ1) is 18.7. The monoisotopic (exact) mass is 376 g/mol. The van der Waals surface area contributed by atoms with Crippen LogP contribution in [0.3, 0.4) is 0 Å². The van der Waals surface area contributed by atoms with E-state index in [2.05, 4.69) is 9.97 Å². The van der Waals surface area contributed by atoms with E-state index in [9.17, 15) is 9.59 Å². The molecule has 2 aromatic heterocycles. The molecule has 0 spiro atoms. The Kier molecular flexibility index (Phi) is 5.22. The Bertz CT molecular complexity index is 869. The summed E-state index contributed by atoms with van der Waals surface area (Å²) in [5, 5.41) is 1.50. The number of hydrogen-bond donors (Lipinski definition) is 0. The van der Waals surface area contributed by atoms with Gasteiger partial charge in [0.15, 0.2) is 5.16 Å². The van der Waals surface area contributed by atoms with Crippen LogP contribution >= 0.6 is 11.8 Å². The van der Waals surface area contributed by atoms with Crippen LogP contribution in [0.5, 0.6) is 0 Å². The number of pyridine rings is 1. The van der Waals surface area contributed by atoms with Crippen LogP contribution in [0.1, 0.15) is 27.2 Å². The predicted molar refractivity (Wildman–Crippen MR) is 101 cm³/mol. The summed E-state index contributed by atoms with van der Waals surface area (Å²) in [7, 11) is 0. The predicted octanol–water partition coefficient (Wildman–Crippen LogP) is 2.77. The van der Waals surface area contributed by atoms with Gasteiger partial charge in [-0.25, -0.2) is 14.8 Å². The highest BCUT2D eigenvalue weighted by atomic mass is 32.2. The van der Waals surface area contributed by atoms with E-state index in [1.165, 1.54) is 11.8 Å². The maximum Gasteiger partial charge on any atom is 0.410 e. The summed E-state index contributed by atoms with van der Waals surface area (Å²) in [6, 6.07) is 3.31. The molecule has 1 aliphatic heterocycles. The molecule has 1 saturated heterocycles. The standard InChI is InChI=1S/C18H24N4O3S/c1-18(2,3)25-17(24)21-10-12(11-21)7-8-22-14(23)6-5-13-9-19-16(26-4)20-15(13)22/h5-6,9,12H,7-8,10-11H2,1-4H3. The highest BCUT2D eigenvalue weighted by Crippen LogP contribution is 2.23. The summed E-state index contributed by atoms with van der Waals surface area (Å²) in [4.78, 5) is 34.7. The Hall–Kier alpha value is -2.09. The van der Waals surface area contributed by atoms with Crippen molar-refractivity contribution >= 4 is 28.9 Å². The van der Waals surface area contributed by atoms with Crippen molar-refractivity contribution < 1.29 is 9.53 Å². The third kappa shape index (κ3) is 4.17. The number of ether oxygens (including phenoxy) is 1. The minimum Gasteiger partial charge on any atom is -0.444 e. The van der Waals surface area contributed by atoms with E-state index in [4.69, 9.17) is 4.74 Å². The maximum atomic E-state index is 12.3. The molecule has 0 aliphatic carbocycles.